The Morgan fingerprint density at radius 2 is 2.18 bits per heavy atom. The minimum Gasteiger partial charge on any atom is -0.388 e. The first-order valence-corrected chi connectivity index (χ1v) is 3.56. The number of aliphatic hydroxyl groups excluding tert-OH is 1. The minimum atomic E-state index is -0.103. The standard InChI is InChI=1S/C7H13N3O/c1-7(2,3)10-6(4-11)8-5-9-10/h5,11H,4H2,1-3H3. The molecule has 0 spiro atoms. The second kappa shape index (κ2) is 2.62. The molecule has 1 N–H and O–H groups in total. The van der Waals surface area contributed by atoms with E-state index >= 15 is 0 Å². The molecule has 4 heteroatoms. The molecule has 0 aromatic carbocycles. The lowest BCUT2D eigenvalue weighted by Gasteiger charge is -2.20. The first-order valence-electron chi connectivity index (χ1n) is 3.56. The summed E-state index contributed by atoms with van der Waals surface area (Å²) in [4.78, 5) is 3.90. The van der Waals surface area contributed by atoms with Gasteiger partial charge in [-0.2, -0.15) is 5.10 Å². The van der Waals surface area contributed by atoms with Gasteiger partial charge in [-0.05, 0) is 20.8 Å². The highest BCUT2D eigenvalue weighted by molar-refractivity contribution is 4.87. The highest BCUT2D eigenvalue weighted by atomic mass is 16.3. The summed E-state index contributed by atoms with van der Waals surface area (Å²) in [6, 6.07) is 0. The summed E-state index contributed by atoms with van der Waals surface area (Å²) < 4.78 is 1.72. The van der Waals surface area contributed by atoms with E-state index in [-0.39, 0.29) is 12.1 Å². The van der Waals surface area contributed by atoms with E-state index in [1.807, 2.05) is 20.8 Å². The molecule has 11 heavy (non-hydrogen) atoms. The van der Waals surface area contributed by atoms with Crippen molar-refractivity contribution in [3.63, 3.8) is 0 Å². The van der Waals surface area contributed by atoms with Crippen molar-refractivity contribution in [3.05, 3.63) is 12.2 Å². The molecule has 0 amide bonds. The number of aliphatic hydroxyl groups is 1. The Bertz CT molecular complexity index is 236. The maximum absolute atomic E-state index is 8.85. The average Bonchev–Trinajstić information content (AvgIpc) is 2.31. The van der Waals surface area contributed by atoms with Gasteiger partial charge in [-0.1, -0.05) is 0 Å². The van der Waals surface area contributed by atoms with Gasteiger partial charge < -0.3 is 5.11 Å². The van der Waals surface area contributed by atoms with E-state index in [9.17, 15) is 0 Å². The van der Waals surface area contributed by atoms with Crippen LogP contribution in [0.15, 0.2) is 6.33 Å². The molecule has 0 atom stereocenters. The zero-order valence-corrected chi connectivity index (χ0v) is 7.07. The summed E-state index contributed by atoms with van der Waals surface area (Å²) in [6.45, 7) is 5.99. The molecule has 0 saturated heterocycles. The van der Waals surface area contributed by atoms with Gasteiger partial charge in [0.15, 0.2) is 5.82 Å². The molecular formula is C7H13N3O. The van der Waals surface area contributed by atoms with Gasteiger partial charge in [0.1, 0.15) is 12.9 Å². The first kappa shape index (κ1) is 8.20. The summed E-state index contributed by atoms with van der Waals surface area (Å²) in [7, 11) is 0. The maximum atomic E-state index is 8.85. The minimum absolute atomic E-state index is 0.0583. The molecule has 0 fully saturated rings. The lowest BCUT2D eigenvalue weighted by Crippen LogP contribution is -2.25. The van der Waals surface area contributed by atoms with E-state index in [0.717, 1.165) is 0 Å². The Morgan fingerprint density at radius 3 is 2.55 bits per heavy atom. The zero-order chi connectivity index (χ0) is 8.48. The van der Waals surface area contributed by atoms with E-state index in [2.05, 4.69) is 10.1 Å². The van der Waals surface area contributed by atoms with Crippen LogP contribution in [0.5, 0.6) is 0 Å². The van der Waals surface area contributed by atoms with Gasteiger partial charge in [-0.3, -0.25) is 0 Å². The van der Waals surface area contributed by atoms with E-state index in [1.165, 1.54) is 6.33 Å². The van der Waals surface area contributed by atoms with Crippen LogP contribution in [0.4, 0.5) is 0 Å². The second-order valence-corrected chi connectivity index (χ2v) is 3.42. The fourth-order valence-electron chi connectivity index (χ4n) is 0.934. The van der Waals surface area contributed by atoms with Gasteiger partial charge >= 0.3 is 0 Å². The average molecular weight is 155 g/mol. The smallest absolute Gasteiger partial charge is 0.153 e. The van der Waals surface area contributed by atoms with Gasteiger partial charge in [0.2, 0.25) is 0 Å². The van der Waals surface area contributed by atoms with Gasteiger partial charge in [0.05, 0.1) is 5.54 Å². The van der Waals surface area contributed by atoms with Crippen LogP contribution < -0.4 is 0 Å². The molecule has 4 nitrogen and oxygen atoms in total. The van der Waals surface area contributed by atoms with Crippen molar-refractivity contribution in [1.29, 1.82) is 0 Å². The SMILES string of the molecule is CC(C)(C)n1ncnc1CO. The number of hydrogen-bond donors (Lipinski definition) is 1. The predicted molar refractivity (Wildman–Crippen MR) is 40.9 cm³/mol. The number of hydrogen-bond acceptors (Lipinski definition) is 3. The van der Waals surface area contributed by atoms with Crippen molar-refractivity contribution in [2.45, 2.75) is 32.9 Å². The van der Waals surface area contributed by atoms with Gasteiger partial charge in [0.25, 0.3) is 0 Å². The third-order valence-electron chi connectivity index (χ3n) is 1.40. The molecule has 0 saturated carbocycles. The molecule has 1 aromatic heterocycles. The van der Waals surface area contributed by atoms with Crippen LogP contribution in [0.25, 0.3) is 0 Å². The molecule has 0 aliphatic rings. The Kier molecular flexibility index (Phi) is 1.95. The highest BCUT2D eigenvalue weighted by Gasteiger charge is 2.17. The Hall–Kier alpha value is -0.900. The predicted octanol–water partition coefficient (Wildman–Crippen LogP) is 0.525. The number of rotatable bonds is 1. The van der Waals surface area contributed by atoms with Crippen molar-refractivity contribution >= 4 is 0 Å². The van der Waals surface area contributed by atoms with Crippen LogP contribution in [0, 0.1) is 0 Å². The van der Waals surface area contributed by atoms with Crippen LogP contribution in [0.2, 0.25) is 0 Å². The van der Waals surface area contributed by atoms with E-state index in [1.54, 1.807) is 4.68 Å². The van der Waals surface area contributed by atoms with E-state index < -0.39 is 0 Å². The summed E-state index contributed by atoms with van der Waals surface area (Å²) >= 11 is 0. The second-order valence-electron chi connectivity index (χ2n) is 3.42. The molecule has 1 rings (SSSR count). The lowest BCUT2D eigenvalue weighted by molar-refractivity contribution is 0.241. The summed E-state index contributed by atoms with van der Waals surface area (Å²) in [5, 5.41) is 12.9. The maximum Gasteiger partial charge on any atom is 0.153 e. The van der Waals surface area contributed by atoms with Crippen molar-refractivity contribution < 1.29 is 5.11 Å². The van der Waals surface area contributed by atoms with E-state index in [4.69, 9.17) is 5.11 Å². The fourth-order valence-corrected chi connectivity index (χ4v) is 0.934. The highest BCUT2D eigenvalue weighted by Crippen LogP contribution is 2.13. The quantitative estimate of drug-likeness (QED) is 0.643. The van der Waals surface area contributed by atoms with Gasteiger partial charge in [-0.25, -0.2) is 9.67 Å². The summed E-state index contributed by atoms with van der Waals surface area (Å²) in [6.07, 6.45) is 1.46. The van der Waals surface area contributed by atoms with E-state index in [0.29, 0.717) is 5.82 Å². The third kappa shape index (κ3) is 1.57. The molecular weight excluding hydrogens is 142 g/mol. The van der Waals surface area contributed by atoms with Crippen molar-refractivity contribution in [2.24, 2.45) is 0 Å². The van der Waals surface area contributed by atoms with Crippen LogP contribution in [-0.4, -0.2) is 19.9 Å². The van der Waals surface area contributed by atoms with Crippen LogP contribution in [0.3, 0.4) is 0 Å². The molecule has 0 radical (unpaired) electrons. The summed E-state index contributed by atoms with van der Waals surface area (Å²) in [5.41, 5.74) is -0.103. The number of nitrogens with zero attached hydrogens (tertiary/aromatic N) is 3. The zero-order valence-electron chi connectivity index (χ0n) is 7.07. The monoisotopic (exact) mass is 155 g/mol. The molecule has 0 unspecified atom stereocenters. The molecule has 1 aromatic rings. The molecule has 0 aliphatic carbocycles. The van der Waals surface area contributed by atoms with Gasteiger partial charge in [0, 0.05) is 0 Å². The Morgan fingerprint density at radius 1 is 1.55 bits per heavy atom. The number of aromatic nitrogens is 3. The van der Waals surface area contributed by atoms with Gasteiger partial charge in [-0.15, -0.1) is 0 Å². The van der Waals surface area contributed by atoms with Crippen molar-refractivity contribution in [2.75, 3.05) is 0 Å². The molecule has 62 valence electrons. The Labute approximate surface area is 65.9 Å². The molecule has 0 bridgehead atoms. The largest absolute Gasteiger partial charge is 0.388 e. The van der Waals surface area contributed by atoms with Crippen molar-refractivity contribution in [1.82, 2.24) is 14.8 Å². The van der Waals surface area contributed by atoms with Crippen LogP contribution >= 0.6 is 0 Å². The molecule has 1 heterocycles. The summed E-state index contributed by atoms with van der Waals surface area (Å²) in [5.74, 6) is 0.609. The first-order chi connectivity index (χ1) is 5.05. The topological polar surface area (TPSA) is 50.9 Å². The fraction of sp³-hybridized carbons (Fsp3) is 0.714. The van der Waals surface area contributed by atoms with Crippen LogP contribution in [-0.2, 0) is 12.1 Å². The molecule has 0 aliphatic heterocycles. The van der Waals surface area contributed by atoms with Crippen LogP contribution in [0.1, 0.15) is 26.6 Å². The Balaban J connectivity index is 3.02. The lowest BCUT2D eigenvalue weighted by atomic mass is 10.1. The third-order valence-corrected chi connectivity index (χ3v) is 1.40. The van der Waals surface area contributed by atoms with Crippen molar-refractivity contribution in [3.8, 4) is 0 Å². The normalized spacial score (nSPS) is 12.0.